The van der Waals surface area contributed by atoms with Gasteiger partial charge in [0.25, 0.3) is 0 Å². The Morgan fingerprint density at radius 2 is 2.05 bits per heavy atom. The summed E-state index contributed by atoms with van der Waals surface area (Å²) in [5.74, 6) is -0.716. The summed E-state index contributed by atoms with van der Waals surface area (Å²) in [6, 6.07) is -1.02. The molecule has 7 heteroatoms. The molecular weight excluding hydrogens is 274 g/mol. The van der Waals surface area contributed by atoms with Crippen LogP contribution in [-0.4, -0.2) is 65.0 Å². The monoisotopic (exact) mass is 295 g/mol. The molecule has 3 fully saturated rings. The van der Waals surface area contributed by atoms with Crippen LogP contribution in [0.1, 0.15) is 25.7 Å². The molecule has 0 aromatic rings. The Balaban J connectivity index is 1.76. The van der Waals surface area contributed by atoms with Crippen molar-refractivity contribution in [2.75, 3.05) is 26.2 Å². The first kappa shape index (κ1) is 14.2. The maximum atomic E-state index is 12.7. The molecule has 7 nitrogen and oxygen atoms in total. The summed E-state index contributed by atoms with van der Waals surface area (Å²) in [6.45, 7) is 1.60. The van der Waals surface area contributed by atoms with E-state index < -0.39 is 12.0 Å². The van der Waals surface area contributed by atoms with Crippen LogP contribution in [0.5, 0.6) is 0 Å². The van der Waals surface area contributed by atoms with E-state index in [9.17, 15) is 19.5 Å². The number of aliphatic carboxylic acids is 1. The quantitative estimate of drug-likeness (QED) is 0.718. The fourth-order valence-electron chi connectivity index (χ4n) is 3.97. The summed E-state index contributed by atoms with van der Waals surface area (Å²) in [7, 11) is 0. The zero-order valence-electron chi connectivity index (χ0n) is 12.0. The number of likely N-dealkylation sites (tertiary alicyclic amines) is 1. The Hall–Kier alpha value is -1.79. The van der Waals surface area contributed by atoms with Crippen molar-refractivity contribution in [3.63, 3.8) is 0 Å². The van der Waals surface area contributed by atoms with E-state index in [4.69, 9.17) is 0 Å². The van der Waals surface area contributed by atoms with Crippen LogP contribution >= 0.6 is 0 Å². The molecule has 0 aromatic heterocycles. The molecule has 116 valence electrons. The van der Waals surface area contributed by atoms with E-state index in [1.165, 1.54) is 9.80 Å². The van der Waals surface area contributed by atoms with Crippen molar-refractivity contribution in [1.82, 2.24) is 15.1 Å². The smallest absolute Gasteiger partial charge is 0.326 e. The average molecular weight is 295 g/mol. The van der Waals surface area contributed by atoms with E-state index in [1.54, 1.807) is 0 Å². The van der Waals surface area contributed by atoms with Crippen LogP contribution < -0.4 is 5.32 Å². The lowest BCUT2D eigenvalue weighted by Gasteiger charge is -2.30. The minimum absolute atomic E-state index is 0.0248. The van der Waals surface area contributed by atoms with Crippen molar-refractivity contribution in [3.05, 3.63) is 0 Å². The second-order valence-electron chi connectivity index (χ2n) is 6.20. The van der Waals surface area contributed by atoms with Gasteiger partial charge in [-0.3, -0.25) is 4.79 Å². The molecule has 3 aliphatic rings. The molecule has 3 unspecified atom stereocenters. The first-order valence-corrected chi connectivity index (χ1v) is 7.63. The largest absolute Gasteiger partial charge is 0.480 e. The number of carbonyl (C=O) groups is 3. The molecular formula is C14H21N3O4. The lowest BCUT2D eigenvalue weighted by Crippen LogP contribution is -2.51. The molecule has 3 rings (SSSR count). The highest BCUT2D eigenvalue weighted by Crippen LogP contribution is 2.42. The summed E-state index contributed by atoms with van der Waals surface area (Å²) < 4.78 is 0. The van der Waals surface area contributed by atoms with Crippen molar-refractivity contribution >= 4 is 17.9 Å². The topological polar surface area (TPSA) is 90.0 Å². The van der Waals surface area contributed by atoms with E-state index in [2.05, 4.69) is 5.32 Å². The van der Waals surface area contributed by atoms with Gasteiger partial charge in [0.1, 0.15) is 12.6 Å². The maximum Gasteiger partial charge on any atom is 0.326 e. The predicted molar refractivity (Wildman–Crippen MR) is 73.6 cm³/mol. The van der Waals surface area contributed by atoms with Crippen molar-refractivity contribution < 1.29 is 19.5 Å². The van der Waals surface area contributed by atoms with Crippen LogP contribution in [0.4, 0.5) is 4.79 Å². The van der Waals surface area contributed by atoms with Gasteiger partial charge in [0.2, 0.25) is 5.91 Å². The maximum absolute atomic E-state index is 12.7. The van der Waals surface area contributed by atoms with Crippen LogP contribution in [0.2, 0.25) is 0 Å². The Morgan fingerprint density at radius 1 is 1.24 bits per heavy atom. The number of rotatable bonds is 1. The Morgan fingerprint density at radius 3 is 2.81 bits per heavy atom. The number of nitrogens with one attached hydrogen (secondary N) is 1. The highest BCUT2D eigenvalue weighted by atomic mass is 16.4. The van der Waals surface area contributed by atoms with E-state index in [1.807, 2.05) is 0 Å². The van der Waals surface area contributed by atoms with Gasteiger partial charge in [-0.2, -0.15) is 0 Å². The van der Waals surface area contributed by atoms with Gasteiger partial charge >= 0.3 is 12.0 Å². The molecule has 0 aromatic carbocycles. The van der Waals surface area contributed by atoms with Crippen molar-refractivity contribution in [2.24, 2.45) is 11.8 Å². The SMILES string of the molecule is O=C1CN(C(=O)N2CC3CCCC3C2C(=O)O)CCCN1. The summed E-state index contributed by atoms with van der Waals surface area (Å²) in [5, 5.41) is 12.2. The van der Waals surface area contributed by atoms with Gasteiger partial charge in [-0.25, -0.2) is 9.59 Å². The summed E-state index contributed by atoms with van der Waals surface area (Å²) in [5.41, 5.74) is 0. The predicted octanol–water partition coefficient (Wildman–Crippen LogP) is 0.113. The van der Waals surface area contributed by atoms with Crippen LogP contribution in [0.3, 0.4) is 0 Å². The van der Waals surface area contributed by atoms with Gasteiger partial charge in [-0.15, -0.1) is 0 Å². The molecule has 0 radical (unpaired) electrons. The molecule has 2 aliphatic heterocycles. The van der Waals surface area contributed by atoms with Crippen molar-refractivity contribution in [2.45, 2.75) is 31.7 Å². The lowest BCUT2D eigenvalue weighted by atomic mass is 9.94. The van der Waals surface area contributed by atoms with Crippen LogP contribution in [0.25, 0.3) is 0 Å². The molecule has 3 amide bonds. The second-order valence-corrected chi connectivity index (χ2v) is 6.20. The molecule has 21 heavy (non-hydrogen) atoms. The number of nitrogens with zero attached hydrogens (tertiary/aromatic N) is 2. The molecule has 3 atom stereocenters. The minimum Gasteiger partial charge on any atom is -0.480 e. The van der Waals surface area contributed by atoms with Crippen molar-refractivity contribution in [1.29, 1.82) is 0 Å². The number of amides is 3. The third-order valence-corrected chi connectivity index (χ3v) is 4.92. The second kappa shape index (κ2) is 5.54. The lowest BCUT2D eigenvalue weighted by molar-refractivity contribution is -0.142. The molecule has 0 spiro atoms. The number of hydrogen-bond donors (Lipinski definition) is 2. The van der Waals surface area contributed by atoms with Gasteiger partial charge in [0, 0.05) is 19.6 Å². The normalized spacial score (nSPS) is 32.6. The molecule has 2 heterocycles. The Kier molecular flexibility index (Phi) is 3.73. The molecule has 2 N–H and O–H groups in total. The van der Waals surface area contributed by atoms with Crippen LogP contribution in [0.15, 0.2) is 0 Å². The molecule has 1 saturated carbocycles. The van der Waals surface area contributed by atoms with Gasteiger partial charge in [0.15, 0.2) is 0 Å². The fraction of sp³-hybridized carbons (Fsp3) is 0.786. The summed E-state index contributed by atoms with van der Waals surface area (Å²) in [6.07, 6.45) is 3.63. The summed E-state index contributed by atoms with van der Waals surface area (Å²) in [4.78, 5) is 38.8. The first-order chi connectivity index (χ1) is 10.1. The van der Waals surface area contributed by atoms with Crippen LogP contribution in [0, 0.1) is 11.8 Å². The third kappa shape index (κ3) is 2.56. The van der Waals surface area contributed by atoms with Gasteiger partial charge < -0.3 is 20.2 Å². The first-order valence-electron chi connectivity index (χ1n) is 7.63. The number of carbonyl (C=O) groups excluding carboxylic acids is 2. The van der Waals surface area contributed by atoms with E-state index in [0.29, 0.717) is 32.0 Å². The van der Waals surface area contributed by atoms with Crippen molar-refractivity contribution in [3.8, 4) is 0 Å². The van der Waals surface area contributed by atoms with E-state index in [-0.39, 0.29) is 24.4 Å². The molecule has 2 saturated heterocycles. The standard InChI is InChI=1S/C14H21N3O4/c18-11-8-16(6-2-5-15-11)14(21)17-7-9-3-1-4-10(9)12(17)13(19)20/h9-10,12H,1-8H2,(H,15,18)(H,19,20). The number of urea groups is 1. The summed E-state index contributed by atoms with van der Waals surface area (Å²) >= 11 is 0. The number of hydrogen-bond acceptors (Lipinski definition) is 3. The highest BCUT2D eigenvalue weighted by molar-refractivity contribution is 5.87. The van der Waals surface area contributed by atoms with E-state index >= 15 is 0 Å². The zero-order chi connectivity index (χ0) is 15.0. The molecule has 0 bridgehead atoms. The fourth-order valence-corrected chi connectivity index (χ4v) is 3.97. The Bertz CT molecular complexity index is 467. The van der Waals surface area contributed by atoms with Gasteiger partial charge in [0.05, 0.1) is 0 Å². The average Bonchev–Trinajstić information content (AvgIpc) is 2.94. The van der Waals surface area contributed by atoms with Gasteiger partial charge in [-0.1, -0.05) is 6.42 Å². The van der Waals surface area contributed by atoms with Gasteiger partial charge in [-0.05, 0) is 31.1 Å². The zero-order valence-corrected chi connectivity index (χ0v) is 12.0. The number of fused-ring (bicyclic) bond motifs is 1. The number of carboxylic acid groups (broad SMARTS) is 1. The number of carboxylic acids is 1. The third-order valence-electron chi connectivity index (χ3n) is 4.92. The highest BCUT2D eigenvalue weighted by Gasteiger charge is 2.50. The van der Waals surface area contributed by atoms with E-state index in [0.717, 1.165) is 19.3 Å². The minimum atomic E-state index is -0.919. The molecule has 1 aliphatic carbocycles. The van der Waals surface area contributed by atoms with Crippen LogP contribution in [-0.2, 0) is 9.59 Å². The Labute approximate surface area is 123 Å².